The number of hydrogen-bond acceptors (Lipinski definition) is 3. The van der Waals surface area contributed by atoms with E-state index in [0.717, 1.165) is 16.2 Å². The molecule has 0 N–H and O–H groups in total. The van der Waals surface area contributed by atoms with Crippen LogP contribution in [-0.2, 0) is 16.6 Å². The SMILES string of the molecule is C=C/C=C(\c1c(C=C)n(C2CCC(=O)N(C)C2=O)c(=O)n1C)C(C)C. The normalized spacial score (nSPS) is 18.8. The molecule has 1 fully saturated rings. The highest BCUT2D eigenvalue weighted by atomic mass is 16.2. The third kappa shape index (κ3) is 3.04. The summed E-state index contributed by atoms with van der Waals surface area (Å²) in [4.78, 5) is 38.3. The van der Waals surface area contributed by atoms with Crippen LogP contribution in [0.15, 0.2) is 30.1 Å². The van der Waals surface area contributed by atoms with Crippen LogP contribution in [0.2, 0.25) is 0 Å². The average molecular weight is 343 g/mol. The zero-order valence-electron chi connectivity index (χ0n) is 15.3. The highest BCUT2D eigenvalue weighted by Gasteiger charge is 2.36. The smallest absolute Gasteiger partial charge is 0.295 e. The van der Waals surface area contributed by atoms with Crippen molar-refractivity contribution in [2.75, 3.05) is 7.05 Å². The number of likely N-dealkylation sites (tertiary alicyclic amines) is 1. The van der Waals surface area contributed by atoms with Crippen molar-refractivity contribution < 1.29 is 9.59 Å². The Hall–Kier alpha value is -2.63. The fraction of sp³-hybridized carbons (Fsp3) is 0.421. The fourth-order valence-electron chi connectivity index (χ4n) is 3.29. The number of piperidine rings is 1. The standard InChI is InChI=1S/C19H25N3O3/c1-7-9-13(12(3)4)17-14(8-2)22(19(25)21(17)6)15-10-11-16(23)20(5)18(15)24/h7-9,12,15H,1-2,10-11H2,3-6H3/b13-9-. The van der Waals surface area contributed by atoms with E-state index in [2.05, 4.69) is 13.2 Å². The van der Waals surface area contributed by atoms with Crippen LogP contribution in [0.1, 0.15) is 44.1 Å². The molecule has 134 valence electrons. The molecule has 0 spiro atoms. The molecule has 2 rings (SSSR count). The predicted octanol–water partition coefficient (Wildman–Crippen LogP) is 2.38. The first-order valence-corrected chi connectivity index (χ1v) is 8.33. The molecule has 0 bridgehead atoms. The van der Waals surface area contributed by atoms with E-state index in [1.54, 1.807) is 19.2 Å². The summed E-state index contributed by atoms with van der Waals surface area (Å²) >= 11 is 0. The number of carbonyl (C=O) groups excluding carboxylic acids is 2. The van der Waals surface area contributed by atoms with Crippen molar-refractivity contribution in [3.63, 3.8) is 0 Å². The molecular formula is C19H25N3O3. The summed E-state index contributed by atoms with van der Waals surface area (Å²) in [5, 5.41) is 0. The second-order valence-electron chi connectivity index (χ2n) is 6.51. The van der Waals surface area contributed by atoms with Gasteiger partial charge in [0, 0.05) is 20.5 Å². The first kappa shape index (κ1) is 18.7. The van der Waals surface area contributed by atoms with Gasteiger partial charge in [-0.05, 0) is 24.0 Å². The first-order valence-electron chi connectivity index (χ1n) is 8.33. The van der Waals surface area contributed by atoms with Gasteiger partial charge in [0.2, 0.25) is 5.91 Å². The molecule has 0 saturated carbocycles. The highest BCUT2D eigenvalue weighted by Crippen LogP contribution is 2.30. The summed E-state index contributed by atoms with van der Waals surface area (Å²) in [5.74, 6) is -0.429. The van der Waals surface area contributed by atoms with Gasteiger partial charge in [-0.3, -0.25) is 23.6 Å². The monoisotopic (exact) mass is 343 g/mol. The molecule has 2 amide bonds. The van der Waals surface area contributed by atoms with Crippen molar-refractivity contribution in [2.24, 2.45) is 13.0 Å². The molecule has 1 unspecified atom stereocenters. The third-order valence-corrected chi connectivity index (χ3v) is 4.65. The van der Waals surface area contributed by atoms with E-state index < -0.39 is 6.04 Å². The van der Waals surface area contributed by atoms with E-state index in [4.69, 9.17) is 0 Å². The van der Waals surface area contributed by atoms with Crippen LogP contribution in [-0.4, -0.2) is 32.9 Å². The Kier molecular flexibility index (Phi) is 5.30. The van der Waals surface area contributed by atoms with Crippen LogP contribution < -0.4 is 5.69 Å². The van der Waals surface area contributed by atoms with Crippen molar-refractivity contribution in [3.8, 4) is 0 Å². The van der Waals surface area contributed by atoms with Gasteiger partial charge in [0.25, 0.3) is 5.91 Å². The lowest BCUT2D eigenvalue weighted by Crippen LogP contribution is -2.45. The summed E-state index contributed by atoms with van der Waals surface area (Å²) in [6, 6.07) is -0.694. The molecule has 0 aliphatic carbocycles. The lowest BCUT2D eigenvalue weighted by molar-refractivity contribution is -0.149. The minimum atomic E-state index is -0.694. The van der Waals surface area contributed by atoms with Gasteiger partial charge in [0.15, 0.2) is 0 Å². The van der Waals surface area contributed by atoms with E-state index in [-0.39, 0.29) is 29.8 Å². The summed E-state index contributed by atoms with van der Waals surface area (Å²) in [5.41, 5.74) is 1.97. The first-order chi connectivity index (χ1) is 11.8. The van der Waals surface area contributed by atoms with Crippen molar-refractivity contribution in [1.82, 2.24) is 14.0 Å². The van der Waals surface area contributed by atoms with Crippen molar-refractivity contribution >= 4 is 23.5 Å². The Bertz CT molecular complexity index is 824. The Morgan fingerprint density at radius 1 is 1.20 bits per heavy atom. The number of imide groups is 1. The number of likely N-dealkylation sites (N-methyl/N-ethyl adjacent to an activating group) is 1. The number of carbonyl (C=O) groups is 2. The molecular weight excluding hydrogens is 318 g/mol. The van der Waals surface area contributed by atoms with Crippen LogP contribution >= 0.6 is 0 Å². The molecule has 25 heavy (non-hydrogen) atoms. The maximum Gasteiger partial charge on any atom is 0.329 e. The van der Waals surface area contributed by atoms with Gasteiger partial charge in [-0.25, -0.2) is 4.79 Å². The third-order valence-electron chi connectivity index (χ3n) is 4.65. The Morgan fingerprint density at radius 3 is 2.36 bits per heavy atom. The van der Waals surface area contributed by atoms with Gasteiger partial charge >= 0.3 is 5.69 Å². The van der Waals surface area contributed by atoms with Gasteiger partial charge in [-0.2, -0.15) is 0 Å². The molecule has 1 saturated heterocycles. The summed E-state index contributed by atoms with van der Waals surface area (Å²) in [6.07, 6.45) is 5.70. The number of aromatic nitrogens is 2. The molecule has 1 atom stereocenters. The molecule has 6 nitrogen and oxygen atoms in total. The van der Waals surface area contributed by atoms with Crippen LogP contribution in [0, 0.1) is 5.92 Å². The minimum Gasteiger partial charge on any atom is -0.295 e. The van der Waals surface area contributed by atoms with Gasteiger partial charge in [-0.1, -0.05) is 39.2 Å². The summed E-state index contributed by atoms with van der Waals surface area (Å²) in [7, 11) is 3.14. The van der Waals surface area contributed by atoms with Crippen LogP contribution in [0.3, 0.4) is 0 Å². The van der Waals surface area contributed by atoms with Gasteiger partial charge in [0.1, 0.15) is 6.04 Å². The summed E-state index contributed by atoms with van der Waals surface area (Å²) in [6.45, 7) is 11.7. The lowest BCUT2D eigenvalue weighted by atomic mass is 9.97. The molecule has 0 radical (unpaired) electrons. The predicted molar refractivity (Wildman–Crippen MR) is 98.8 cm³/mol. The summed E-state index contributed by atoms with van der Waals surface area (Å²) < 4.78 is 3.00. The minimum absolute atomic E-state index is 0.157. The van der Waals surface area contributed by atoms with Gasteiger partial charge in [0.05, 0.1) is 11.4 Å². The van der Waals surface area contributed by atoms with Crippen LogP contribution in [0.25, 0.3) is 11.6 Å². The lowest BCUT2D eigenvalue weighted by Gasteiger charge is -2.28. The molecule has 1 aromatic heterocycles. The largest absolute Gasteiger partial charge is 0.329 e. The molecule has 1 aromatic rings. The zero-order chi connectivity index (χ0) is 18.9. The van der Waals surface area contributed by atoms with E-state index in [0.29, 0.717) is 12.1 Å². The Morgan fingerprint density at radius 2 is 1.84 bits per heavy atom. The molecule has 1 aliphatic rings. The van der Waals surface area contributed by atoms with E-state index in [1.807, 2.05) is 19.9 Å². The number of rotatable bonds is 5. The van der Waals surface area contributed by atoms with Crippen molar-refractivity contribution in [3.05, 3.63) is 47.2 Å². The molecule has 2 heterocycles. The van der Waals surface area contributed by atoms with Gasteiger partial charge < -0.3 is 0 Å². The van der Waals surface area contributed by atoms with Crippen molar-refractivity contribution in [2.45, 2.75) is 32.7 Å². The number of allylic oxidation sites excluding steroid dienone is 3. The van der Waals surface area contributed by atoms with Crippen molar-refractivity contribution in [1.29, 1.82) is 0 Å². The van der Waals surface area contributed by atoms with E-state index in [9.17, 15) is 14.4 Å². The topological polar surface area (TPSA) is 64.3 Å². The second kappa shape index (κ2) is 7.09. The molecule has 0 aromatic carbocycles. The van der Waals surface area contributed by atoms with E-state index >= 15 is 0 Å². The van der Waals surface area contributed by atoms with E-state index in [1.165, 1.54) is 16.2 Å². The number of imidazole rings is 1. The van der Waals surface area contributed by atoms with Crippen LogP contribution in [0.4, 0.5) is 0 Å². The fourth-order valence-corrected chi connectivity index (χ4v) is 3.29. The highest BCUT2D eigenvalue weighted by molar-refractivity contribution is 5.99. The number of hydrogen-bond donors (Lipinski definition) is 0. The Labute approximate surface area is 147 Å². The quantitative estimate of drug-likeness (QED) is 0.609. The molecule has 6 heteroatoms. The van der Waals surface area contributed by atoms with Gasteiger partial charge in [-0.15, -0.1) is 0 Å². The van der Waals surface area contributed by atoms with Crippen LogP contribution in [0.5, 0.6) is 0 Å². The average Bonchev–Trinajstić information content (AvgIpc) is 2.82. The maximum absolute atomic E-state index is 12.9. The zero-order valence-corrected chi connectivity index (χ0v) is 15.3. The second-order valence-corrected chi connectivity index (χ2v) is 6.51. The Balaban J connectivity index is 2.72. The number of amides is 2. The number of nitrogens with zero attached hydrogens (tertiary/aromatic N) is 3. The molecule has 1 aliphatic heterocycles. The maximum atomic E-state index is 12.9.